The van der Waals surface area contributed by atoms with Crippen LogP contribution < -0.4 is 11.1 Å². The van der Waals surface area contributed by atoms with Crippen molar-refractivity contribution < 1.29 is 9.53 Å². The number of hydrogen-bond acceptors (Lipinski definition) is 3. The molecule has 4 nitrogen and oxygen atoms in total. The Kier molecular flexibility index (Phi) is 9.88. The third-order valence-electron chi connectivity index (χ3n) is 1.90. The van der Waals surface area contributed by atoms with Crippen molar-refractivity contribution in [3.05, 3.63) is 35.9 Å². The van der Waals surface area contributed by atoms with Crippen LogP contribution >= 0.6 is 59.6 Å². The molecule has 1 amide bonds. The molecule has 0 aromatic heterocycles. The molecule has 1 aromatic carbocycles. The van der Waals surface area contributed by atoms with Crippen LogP contribution in [0, 0.1) is 0 Å². The normalized spacial score (nSPS) is 15.4. The van der Waals surface area contributed by atoms with Crippen LogP contribution in [0.2, 0.25) is 0 Å². The second-order valence-corrected chi connectivity index (χ2v) is 20.5. The minimum atomic E-state index is -3.69. The number of allylic oxidation sites excluding steroid dienone is 1. The van der Waals surface area contributed by atoms with E-state index >= 15 is 0 Å². The summed E-state index contributed by atoms with van der Waals surface area (Å²) in [5.41, 5.74) is 7.50. The molecule has 10 heteroatoms. The third-order valence-corrected chi connectivity index (χ3v) is 1.90. The first kappa shape index (κ1) is 21.9. The summed E-state index contributed by atoms with van der Waals surface area (Å²) in [6.45, 7) is 3.19. The minimum absolute atomic E-state index is 0.296. The summed E-state index contributed by atoms with van der Waals surface area (Å²) in [6, 6.07) is 7.79. The average molecular weight is 429 g/mol. The van der Waals surface area contributed by atoms with Gasteiger partial charge in [0.25, 0.3) is 0 Å². The number of benzene rings is 1. The molecule has 0 aliphatic carbocycles. The molecule has 3 N–H and O–H groups in total. The largest absolute Gasteiger partial charge is 0.448 e. The predicted octanol–water partition coefficient (Wildman–Crippen LogP) is 6.34. The van der Waals surface area contributed by atoms with Gasteiger partial charge in [-0.25, -0.2) is 4.79 Å². The summed E-state index contributed by atoms with van der Waals surface area (Å²) < 4.78 is 0.714. The number of carbonyl (C=O) groups excluding carboxylic acids is 1. The van der Waals surface area contributed by atoms with Gasteiger partial charge in [0.15, 0.2) is 0 Å². The van der Waals surface area contributed by atoms with E-state index in [1.807, 2.05) is 43.3 Å². The fourth-order valence-electron chi connectivity index (χ4n) is 1.15. The summed E-state index contributed by atoms with van der Waals surface area (Å²) in [6.07, 6.45) is 3.75. The Hall–Kier alpha value is -0.0900. The van der Waals surface area contributed by atoms with Crippen molar-refractivity contribution in [2.45, 2.75) is 6.92 Å². The van der Waals surface area contributed by atoms with Gasteiger partial charge in [-0.2, -0.15) is 0 Å². The maximum atomic E-state index is 9.91. The van der Waals surface area contributed by atoms with E-state index in [1.165, 1.54) is 5.56 Å². The van der Waals surface area contributed by atoms with Gasteiger partial charge < -0.3 is 15.8 Å². The van der Waals surface area contributed by atoms with Crippen LogP contribution in [0.5, 0.6) is 0 Å². The topological polar surface area (TPSA) is 64.4 Å². The summed E-state index contributed by atoms with van der Waals surface area (Å²) in [4.78, 5) is 9.91. The number of carbonyl (C=O) groups is 1. The maximum absolute atomic E-state index is 9.91. The van der Waals surface area contributed by atoms with Crippen LogP contribution in [-0.4, -0.2) is 19.2 Å². The second-order valence-electron chi connectivity index (χ2n) is 3.87. The zero-order chi connectivity index (χ0) is 17.3. The minimum Gasteiger partial charge on any atom is -0.448 e. The van der Waals surface area contributed by atoms with E-state index < -0.39 is 3.37 Å². The monoisotopic (exact) mass is 426 g/mol. The van der Waals surface area contributed by atoms with Gasteiger partial charge in [0.05, 0.1) is 6.54 Å². The SMILES string of the molecule is C/C=C/c1ccc(N)cc1.ClP(Cl)(Cl)(Cl)Cl.O=C1NCCO1. The molecule has 1 aromatic rings. The van der Waals surface area contributed by atoms with Gasteiger partial charge in [0, 0.05) is 5.69 Å². The number of halogens is 5. The Bertz CT molecular complexity index is 476. The van der Waals surface area contributed by atoms with Crippen LogP contribution in [0.3, 0.4) is 0 Å². The van der Waals surface area contributed by atoms with Crippen molar-refractivity contribution in [2.75, 3.05) is 18.9 Å². The molecule has 0 spiro atoms. The van der Waals surface area contributed by atoms with Crippen molar-refractivity contribution in [1.29, 1.82) is 0 Å². The van der Waals surface area contributed by atoms with Gasteiger partial charge in [-0.15, -0.1) is 0 Å². The standard InChI is InChI=1S/C9H11N.C3H5NO2.Cl5P/c1-2-3-8-4-6-9(10)7-5-8;5-3-4-1-2-6-3;1-6(2,3,4)5/h2-7H,10H2,1H3;1-2H2,(H,4,5);/b3-2+;;. The van der Waals surface area contributed by atoms with E-state index in [9.17, 15) is 4.79 Å². The molecule has 1 aliphatic rings. The smallest absolute Gasteiger partial charge is 0.407 e. The number of hydrogen-bond donors (Lipinski definition) is 2. The maximum Gasteiger partial charge on any atom is 0.407 e. The van der Waals surface area contributed by atoms with Gasteiger partial charge in [0.2, 0.25) is 0 Å². The van der Waals surface area contributed by atoms with Crippen molar-refractivity contribution >= 4 is 77.4 Å². The molecule has 0 atom stereocenters. The summed E-state index contributed by atoms with van der Waals surface area (Å²) in [5.74, 6) is 0. The summed E-state index contributed by atoms with van der Waals surface area (Å²) >= 11 is 24.9. The van der Waals surface area contributed by atoms with Gasteiger partial charge in [-0.1, -0.05) is 24.3 Å². The quantitative estimate of drug-likeness (QED) is 0.405. The number of rotatable bonds is 1. The van der Waals surface area contributed by atoms with E-state index in [0.717, 1.165) is 5.69 Å². The molecule has 126 valence electrons. The molecule has 0 unspecified atom stereocenters. The Morgan fingerprint density at radius 2 is 1.68 bits per heavy atom. The van der Waals surface area contributed by atoms with E-state index in [4.69, 9.17) is 61.9 Å². The van der Waals surface area contributed by atoms with Crippen molar-refractivity contribution in [3.8, 4) is 0 Å². The zero-order valence-corrected chi connectivity index (χ0v) is 16.3. The Labute approximate surface area is 153 Å². The molecule has 0 radical (unpaired) electrons. The Morgan fingerprint density at radius 1 is 1.18 bits per heavy atom. The Balaban J connectivity index is 0.000000319. The molecule has 22 heavy (non-hydrogen) atoms. The number of ether oxygens (including phenoxy) is 1. The van der Waals surface area contributed by atoms with Crippen LogP contribution in [0.25, 0.3) is 6.08 Å². The number of cyclic esters (lactones) is 1. The molecular formula is C12H16Cl5N2O2P. The first-order valence-electron chi connectivity index (χ1n) is 5.96. The average Bonchev–Trinajstić information content (AvgIpc) is 2.81. The molecule has 1 fully saturated rings. The summed E-state index contributed by atoms with van der Waals surface area (Å²) in [7, 11) is 0. The number of alkyl carbamates (subject to hydrolysis) is 1. The van der Waals surface area contributed by atoms with E-state index in [2.05, 4.69) is 10.1 Å². The number of amides is 1. The van der Waals surface area contributed by atoms with Gasteiger partial charge >= 0.3 is 65.7 Å². The molecule has 2 rings (SSSR count). The second kappa shape index (κ2) is 9.92. The van der Waals surface area contributed by atoms with Crippen LogP contribution in [-0.2, 0) is 4.74 Å². The van der Waals surface area contributed by atoms with Crippen LogP contribution in [0.4, 0.5) is 10.5 Å². The van der Waals surface area contributed by atoms with Crippen molar-refractivity contribution in [3.63, 3.8) is 0 Å². The first-order chi connectivity index (χ1) is 9.96. The molecule has 1 heterocycles. The number of nitrogen functional groups attached to an aromatic ring is 1. The molecule has 0 bridgehead atoms. The van der Waals surface area contributed by atoms with Crippen molar-refractivity contribution in [1.82, 2.24) is 5.32 Å². The van der Waals surface area contributed by atoms with Gasteiger partial charge in [-0.3, -0.25) is 0 Å². The van der Waals surface area contributed by atoms with Gasteiger partial charge in [0.1, 0.15) is 6.61 Å². The van der Waals surface area contributed by atoms with Crippen LogP contribution in [0.1, 0.15) is 12.5 Å². The molecule has 1 aliphatic heterocycles. The van der Waals surface area contributed by atoms with E-state index in [1.54, 1.807) is 0 Å². The molecule has 1 saturated heterocycles. The van der Waals surface area contributed by atoms with E-state index in [-0.39, 0.29) is 6.09 Å². The Morgan fingerprint density at radius 3 is 1.95 bits per heavy atom. The third kappa shape index (κ3) is 18.0. The van der Waals surface area contributed by atoms with Crippen LogP contribution in [0.15, 0.2) is 30.3 Å². The number of nitrogens with one attached hydrogen (secondary N) is 1. The van der Waals surface area contributed by atoms with Gasteiger partial charge in [-0.05, 0) is 24.6 Å². The molecule has 0 saturated carbocycles. The summed E-state index contributed by atoms with van der Waals surface area (Å²) in [5, 5.41) is 2.46. The fourth-order valence-corrected chi connectivity index (χ4v) is 1.15. The number of anilines is 1. The fraction of sp³-hybridized carbons (Fsp3) is 0.250. The predicted molar refractivity (Wildman–Crippen MR) is 101 cm³/mol. The zero-order valence-electron chi connectivity index (χ0n) is 11.6. The first-order valence-corrected chi connectivity index (χ1v) is 12.7. The van der Waals surface area contributed by atoms with E-state index in [0.29, 0.717) is 13.2 Å². The number of nitrogens with two attached hydrogens (primary N) is 1. The molecular weight excluding hydrogens is 412 g/mol. The van der Waals surface area contributed by atoms with Crippen molar-refractivity contribution in [2.24, 2.45) is 0 Å².